The monoisotopic (exact) mass is 313 g/mol. The summed E-state index contributed by atoms with van der Waals surface area (Å²) in [4.78, 5) is 10.2. The van der Waals surface area contributed by atoms with Gasteiger partial charge in [0.25, 0.3) is 0 Å². The lowest BCUT2D eigenvalue weighted by Crippen LogP contribution is -2.17. The zero-order valence-corrected chi connectivity index (χ0v) is 11.7. The first kappa shape index (κ1) is 14.7. The minimum absolute atomic E-state index is 0.559. The third-order valence-corrected chi connectivity index (χ3v) is 2.95. The zero-order valence-electron chi connectivity index (χ0n) is 10.1. The molecule has 1 rings (SSSR count). The van der Waals surface area contributed by atoms with Crippen molar-refractivity contribution in [2.45, 2.75) is 6.42 Å². The highest BCUT2D eigenvalue weighted by molar-refractivity contribution is 9.10. The van der Waals surface area contributed by atoms with Gasteiger partial charge in [0.15, 0.2) is 0 Å². The molecule has 0 amide bonds. The number of carboxylic acids is 1. The molecular formula is C13H16BrNO3. The van der Waals surface area contributed by atoms with Crippen molar-refractivity contribution in [3.63, 3.8) is 0 Å². The van der Waals surface area contributed by atoms with Gasteiger partial charge in [-0.2, -0.15) is 0 Å². The minimum atomic E-state index is -0.920. The molecule has 0 aromatic heterocycles. The van der Waals surface area contributed by atoms with Crippen molar-refractivity contribution in [3.8, 4) is 5.75 Å². The second-order valence-corrected chi connectivity index (χ2v) is 4.52. The molecule has 5 heteroatoms. The molecule has 0 unspecified atom stereocenters. The van der Waals surface area contributed by atoms with Gasteiger partial charge in [-0.15, -0.1) is 0 Å². The lowest BCUT2D eigenvalue weighted by atomic mass is 10.1. The van der Waals surface area contributed by atoms with E-state index in [2.05, 4.69) is 21.2 Å². The standard InChI is InChI=1S/C13H16BrNO3/c1-18-12-5-4-10(9-11(12)14)6-8-15-7-2-3-13(16)17/h2-5,9,15H,6-8H2,1H3,(H,16,17)/b3-2+. The van der Waals surface area contributed by atoms with Crippen LogP contribution in [0.4, 0.5) is 0 Å². The van der Waals surface area contributed by atoms with Crippen molar-refractivity contribution >= 4 is 21.9 Å². The number of benzene rings is 1. The van der Waals surface area contributed by atoms with E-state index in [4.69, 9.17) is 9.84 Å². The maximum Gasteiger partial charge on any atom is 0.328 e. The van der Waals surface area contributed by atoms with Crippen LogP contribution in [0.3, 0.4) is 0 Å². The van der Waals surface area contributed by atoms with Crippen molar-refractivity contribution < 1.29 is 14.6 Å². The SMILES string of the molecule is COc1ccc(CCNC/C=C/C(=O)O)cc1Br. The first-order chi connectivity index (χ1) is 8.63. The molecule has 0 fully saturated rings. The molecule has 1 aromatic carbocycles. The smallest absolute Gasteiger partial charge is 0.328 e. The van der Waals surface area contributed by atoms with E-state index >= 15 is 0 Å². The number of nitrogens with one attached hydrogen (secondary N) is 1. The number of hydrogen-bond donors (Lipinski definition) is 2. The van der Waals surface area contributed by atoms with Crippen molar-refractivity contribution in [3.05, 3.63) is 40.4 Å². The Hall–Kier alpha value is -1.33. The van der Waals surface area contributed by atoms with E-state index in [1.54, 1.807) is 13.2 Å². The topological polar surface area (TPSA) is 58.6 Å². The lowest BCUT2D eigenvalue weighted by Gasteiger charge is -2.06. The highest BCUT2D eigenvalue weighted by Crippen LogP contribution is 2.25. The molecule has 1 aromatic rings. The summed E-state index contributed by atoms with van der Waals surface area (Å²) in [7, 11) is 1.64. The van der Waals surface area contributed by atoms with E-state index in [-0.39, 0.29) is 0 Å². The van der Waals surface area contributed by atoms with Gasteiger partial charge >= 0.3 is 5.97 Å². The van der Waals surface area contributed by atoms with E-state index in [0.717, 1.165) is 29.3 Å². The molecule has 0 saturated carbocycles. The predicted molar refractivity (Wildman–Crippen MR) is 74.0 cm³/mol. The maximum absolute atomic E-state index is 10.2. The summed E-state index contributed by atoms with van der Waals surface area (Å²) in [6.07, 6.45) is 3.60. The lowest BCUT2D eigenvalue weighted by molar-refractivity contribution is -0.131. The largest absolute Gasteiger partial charge is 0.496 e. The Morgan fingerprint density at radius 3 is 2.94 bits per heavy atom. The van der Waals surface area contributed by atoms with Gasteiger partial charge in [0.1, 0.15) is 5.75 Å². The second kappa shape index (κ2) is 7.89. The van der Waals surface area contributed by atoms with Crippen LogP contribution in [0, 0.1) is 0 Å². The van der Waals surface area contributed by atoms with Crippen molar-refractivity contribution in [2.75, 3.05) is 20.2 Å². The fourth-order valence-corrected chi connectivity index (χ4v) is 2.03. The molecule has 0 spiro atoms. The number of carboxylic acid groups (broad SMARTS) is 1. The van der Waals surface area contributed by atoms with Crippen LogP contribution in [0.5, 0.6) is 5.75 Å². The third-order valence-electron chi connectivity index (χ3n) is 2.33. The summed E-state index contributed by atoms with van der Waals surface area (Å²) in [5, 5.41) is 11.5. The third kappa shape index (κ3) is 5.33. The number of ether oxygens (including phenoxy) is 1. The van der Waals surface area contributed by atoms with Gasteiger partial charge in [-0.05, 0) is 46.6 Å². The van der Waals surface area contributed by atoms with Gasteiger partial charge in [0, 0.05) is 12.6 Å². The van der Waals surface area contributed by atoms with Crippen molar-refractivity contribution in [2.24, 2.45) is 0 Å². The Morgan fingerprint density at radius 2 is 2.33 bits per heavy atom. The molecule has 0 aliphatic heterocycles. The van der Waals surface area contributed by atoms with Gasteiger partial charge in [-0.25, -0.2) is 4.79 Å². The minimum Gasteiger partial charge on any atom is -0.496 e. The first-order valence-electron chi connectivity index (χ1n) is 5.56. The van der Waals surface area contributed by atoms with Crippen LogP contribution < -0.4 is 10.1 Å². The Bertz CT molecular complexity index is 432. The number of hydrogen-bond acceptors (Lipinski definition) is 3. The first-order valence-corrected chi connectivity index (χ1v) is 6.35. The van der Waals surface area contributed by atoms with Gasteiger partial charge in [0.2, 0.25) is 0 Å². The normalized spacial score (nSPS) is 10.8. The molecule has 0 bridgehead atoms. The van der Waals surface area contributed by atoms with E-state index in [0.29, 0.717) is 6.54 Å². The number of carbonyl (C=O) groups is 1. The fraction of sp³-hybridized carbons (Fsp3) is 0.308. The Balaban J connectivity index is 2.31. The number of halogens is 1. The molecule has 0 aliphatic carbocycles. The van der Waals surface area contributed by atoms with Crippen molar-refractivity contribution in [1.82, 2.24) is 5.32 Å². The van der Waals surface area contributed by atoms with E-state index in [9.17, 15) is 4.79 Å². The number of methoxy groups -OCH3 is 1. The van der Waals surface area contributed by atoms with Crippen LogP contribution in [0.1, 0.15) is 5.56 Å². The number of rotatable bonds is 7. The molecule has 0 aliphatic rings. The molecule has 18 heavy (non-hydrogen) atoms. The summed E-state index contributed by atoms with van der Waals surface area (Å²) in [5.74, 6) is -0.105. The van der Waals surface area contributed by atoms with E-state index in [1.165, 1.54) is 5.56 Å². The average Bonchev–Trinajstić information content (AvgIpc) is 2.33. The predicted octanol–water partition coefficient (Wildman–Crippen LogP) is 2.23. The summed E-state index contributed by atoms with van der Waals surface area (Å²) in [5.41, 5.74) is 1.19. The van der Waals surface area contributed by atoms with Crippen LogP contribution in [0.15, 0.2) is 34.8 Å². The molecule has 0 saturated heterocycles. The van der Waals surface area contributed by atoms with Gasteiger partial charge in [-0.3, -0.25) is 0 Å². The highest BCUT2D eigenvalue weighted by atomic mass is 79.9. The maximum atomic E-state index is 10.2. The molecule has 0 heterocycles. The molecule has 0 atom stereocenters. The summed E-state index contributed by atoms with van der Waals surface area (Å²) < 4.78 is 6.09. The average molecular weight is 314 g/mol. The van der Waals surface area contributed by atoms with Gasteiger partial charge in [-0.1, -0.05) is 12.1 Å². The number of aliphatic carboxylic acids is 1. The summed E-state index contributed by atoms with van der Waals surface area (Å²) in [6, 6.07) is 5.95. The molecule has 2 N–H and O–H groups in total. The molecule has 4 nitrogen and oxygen atoms in total. The molecular weight excluding hydrogens is 298 g/mol. The Morgan fingerprint density at radius 1 is 1.56 bits per heavy atom. The second-order valence-electron chi connectivity index (χ2n) is 3.66. The summed E-state index contributed by atoms with van der Waals surface area (Å²) >= 11 is 3.44. The van der Waals surface area contributed by atoms with E-state index in [1.807, 2.05) is 18.2 Å². The van der Waals surface area contributed by atoms with Gasteiger partial charge < -0.3 is 15.2 Å². The Labute approximate surface area is 115 Å². The zero-order chi connectivity index (χ0) is 13.4. The van der Waals surface area contributed by atoms with E-state index < -0.39 is 5.97 Å². The van der Waals surface area contributed by atoms with Crippen LogP contribution in [0.25, 0.3) is 0 Å². The fourth-order valence-electron chi connectivity index (χ4n) is 1.44. The van der Waals surface area contributed by atoms with Crippen LogP contribution >= 0.6 is 15.9 Å². The quantitative estimate of drug-likeness (QED) is 0.598. The van der Waals surface area contributed by atoms with Crippen molar-refractivity contribution in [1.29, 1.82) is 0 Å². The van der Waals surface area contributed by atoms with Crippen LogP contribution in [-0.4, -0.2) is 31.3 Å². The molecule has 0 radical (unpaired) electrons. The highest BCUT2D eigenvalue weighted by Gasteiger charge is 2.00. The van der Waals surface area contributed by atoms with Gasteiger partial charge in [0.05, 0.1) is 11.6 Å². The Kier molecular flexibility index (Phi) is 6.46. The van der Waals surface area contributed by atoms with Crippen LogP contribution in [-0.2, 0) is 11.2 Å². The van der Waals surface area contributed by atoms with Crippen LogP contribution in [0.2, 0.25) is 0 Å². The summed E-state index contributed by atoms with van der Waals surface area (Å²) in [6.45, 7) is 1.35. The molecule has 98 valence electrons.